The molecule has 0 saturated heterocycles. The number of hydrogen-bond donors (Lipinski definition) is 2. The van der Waals surface area contributed by atoms with Crippen molar-refractivity contribution >= 4 is 27.4 Å². The third-order valence-corrected chi connectivity index (χ3v) is 3.88. The summed E-state index contributed by atoms with van der Waals surface area (Å²) in [5, 5.41) is 11.8. The molecule has 2 aromatic rings. The number of nitrogens with zero attached hydrogens (tertiary/aromatic N) is 4. The van der Waals surface area contributed by atoms with Crippen LogP contribution in [0.3, 0.4) is 0 Å². The van der Waals surface area contributed by atoms with Gasteiger partial charge in [-0.15, -0.1) is 11.3 Å². The lowest BCUT2D eigenvalue weighted by Crippen LogP contribution is -2.28. The van der Waals surface area contributed by atoms with Gasteiger partial charge in [0.05, 0.1) is 23.9 Å². The van der Waals surface area contributed by atoms with Crippen LogP contribution in [-0.2, 0) is 6.54 Å². The summed E-state index contributed by atoms with van der Waals surface area (Å²) in [4.78, 5) is 12.1. The molecule has 0 fully saturated rings. The first-order valence-electron chi connectivity index (χ1n) is 6.50. The van der Waals surface area contributed by atoms with Crippen LogP contribution in [0, 0.1) is 17.2 Å². The molecule has 0 amide bonds. The minimum atomic E-state index is -0.00692. The lowest BCUT2D eigenvalue weighted by atomic mass is 10.2. The molecule has 0 aromatic carbocycles. The molecular formula is C13H18N6S. The zero-order chi connectivity index (χ0) is 14.5. The van der Waals surface area contributed by atoms with Gasteiger partial charge in [0.25, 0.3) is 0 Å². The van der Waals surface area contributed by atoms with Crippen molar-refractivity contribution in [1.29, 1.82) is 5.26 Å². The molecule has 0 aliphatic heterocycles. The maximum atomic E-state index is 8.91. The van der Waals surface area contributed by atoms with E-state index in [9.17, 15) is 0 Å². The van der Waals surface area contributed by atoms with Gasteiger partial charge in [-0.1, -0.05) is 6.92 Å². The fourth-order valence-electron chi connectivity index (χ4n) is 2.01. The Morgan fingerprint density at radius 3 is 3.00 bits per heavy atom. The highest BCUT2D eigenvalue weighted by molar-refractivity contribution is 7.16. The Kier molecular flexibility index (Phi) is 4.84. The normalized spacial score (nSPS) is 12.6. The average molecular weight is 290 g/mol. The van der Waals surface area contributed by atoms with Crippen molar-refractivity contribution in [3.8, 4) is 6.07 Å². The summed E-state index contributed by atoms with van der Waals surface area (Å²) in [6.45, 7) is 6.16. The molecule has 1 unspecified atom stereocenters. The number of anilines is 1. The summed E-state index contributed by atoms with van der Waals surface area (Å²) < 4.78 is 0. The maximum Gasteiger partial charge on any atom is 0.152 e. The summed E-state index contributed by atoms with van der Waals surface area (Å²) in [6, 6.07) is 4.20. The quantitative estimate of drug-likeness (QED) is 0.624. The number of nitrogens with one attached hydrogen (secondary N) is 1. The molecule has 0 aliphatic carbocycles. The first kappa shape index (κ1) is 14.7. The fraction of sp³-hybridized carbons (Fsp3) is 0.462. The van der Waals surface area contributed by atoms with Crippen LogP contribution in [0.2, 0.25) is 0 Å². The Morgan fingerprint density at radius 1 is 1.55 bits per heavy atom. The van der Waals surface area contributed by atoms with E-state index >= 15 is 0 Å². The van der Waals surface area contributed by atoms with Gasteiger partial charge in [-0.2, -0.15) is 5.26 Å². The van der Waals surface area contributed by atoms with Crippen molar-refractivity contribution in [3.63, 3.8) is 0 Å². The van der Waals surface area contributed by atoms with E-state index in [2.05, 4.69) is 33.3 Å². The van der Waals surface area contributed by atoms with Crippen LogP contribution in [0.5, 0.6) is 0 Å². The minimum absolute atomic E-state index is 0.00692. The van der Waals surface area contributed by atoms with Crippen LogP contribution in [-0.4, -0.2) is 28.0 Å². The van der Waals surface area contributed by atoms with Crippen LogP contribution in [0.1, 0.15) is 19.7 Å². The lowest BCUT2D eigenvalue weighted by molar-refractivity contribution is 0.254. The molecule has 7 heteroatoms. The van der Waals surface area contributed by atoms with E-state index in [0.29, 0.717) is 18.9 Å². The zero-order valence-electron chi connectivity index (χ0n) is 11.6. The highest BCUT2D eigenvalue weighted by Crippen LogP contribution is 2.24. The predicted molar refractivity (Wildman–Crippen MR) is 81.0 cm³/mol. The highest BCUT2D eigenvalue weighted by atomic mass is 32.1. The smallest absolute Gasteiger partial charge is 0.152 e. The first-order valence-corrected chi connectivity index (χ1v) is 7.38. The van der Waals surface area contributed by atoms with Crippen molar-refractivity contribution in [2.45, 2.75) is 20.4 Å². The van der Waals surface area contributed by atoms with Crippen molar-refractivity contribution in [3.05, 3.63) is 17.3 Å². The van der Waals surface area contributed by atoms with Gasteiger partial charge < -0.3 is 5.43 Å². The molecule has 0 spiro atoms. The molecule has 0 saturated carbocycles. The fourth-order valence-corrected chi connectivity index (χ4v) is 2.80. The van der Waals surface area contributed by atoms with E-state index in [0.717, 1.165) is 22.6 Å². The van der Waals surface area contributed by atoms with Crippen molar-refractivity contribution in [2.24, 2.45) is 11.8 Å². The van der Waals surface area contributed by atoms with E-state index in [1.165, 1.54) is 0 Å². The molecule has 2 rings (SSSR count). The van der Waals surface area contributed by atoms with Gasteiger partial charge >= 0.3 is 0 Å². The largest absolute Gasteiger partial charge is 0.308 e. The van der Waals surface area contributed by atoms with E-state index in [4.69, 9.17) is 11.1 Å². The monoisotopic (exact) mass is 290 g/mol. The van der Waals surface area contributed by atoms with Gasteiger partial charge in [-0.05, 0) is 24.9 Å². The molecule has 3 N–H and O–H groups in total. The molecule has 6 nitrogen and oxygen atoms in total. The molecule has 2 aromatic heterocycles. The van der Waals surface area contributed by atoms with Crippen LogP contribution in [0.25, 0.3) is 10.2 Å². The number of nitrogens with two attached hydrogens (primary N) is 1. The van der Waals surface area contributed by atoms with Crippen molar-refractivity contribution < 1.29 is 0 Å². The number of rotatable bonds is 6. The third-order valence-electron chi connectivity index (χ3n) is 3.07. The Morgan fingerprint density at radius 2 is 2.35 bits per heavy atom. The van der Waals surface area contributed by atoms with Gasteiger partial charge in [0.15, 0.2) is 5.82 Å². The molecule has 1 atom stereocenters. The van der Waals surface area contributed by atoms with Gasteiger partial charge in [0.2, 0.25) is 0 Å². The second-order valence-electron chi connectivity index (χ2n) is 4.63. The van der Waals surface area contributed by atoms with Gasteiger partial charge in [-0.3, -0.25) is 4.90 Å². The first-order chi connectivity index (χ1) is 9.67. The summed E-state index contributed by atoms with van der Waals surface area (Å²) in [5.41, 5.74) is 2.62. The Balaban J connectivity index is 2.21. The van der Waals surface area contributed by atoms with Gasteiger partial charge in [-0.25, -0.2) is 15.8 Å². The summed E-state index contributed by atoms with van der Waals surface area (Å²) in [7, 11) is 0. The van der Waals surface area contributed by atoms with E-state index in [1.54, 1.807) is 11.3 Å². The molecule has 0 bridgehead atoms. The van der Waals surface area contributed by atoms with Gasteiger partial charge in [0, 0.05) is 6.54 Å². The van der Waals surface area contributed by atoms with E-state index in [-0.39, 0.29) is 5.92 Å². The number of fused-ring (bicyclic) bond motifs is 1. The number of hydrazine groups is 1. The lowest BCUT2D eigenvalue weighted by Gasteiger charge is -2.20. The summed E-state index contributed by atoms with van der Waals surface area (Å²) >= 11 is 1.57. The second kappa shape index (κ2) is 6.61. The number of aromatic nitrogens is 2. The molecular weight excluding hydrogens is 272 g/mol. The SMILES string of the molecule is CCN(Cc1nc(NN)c2ccsc2n1)CC(C)C#N. The third kappa shape index (κ3) is 3.22. The van der Waals surface area contributed by atoms with Crippen molar-refractivity contribution in [1.82, 2.24) is 14.9 Å². The van der Waals surface area contributed by atoms with Crippen molar-refractivity contribution in [2.75, 3.05) is 18.5 Å². The number of nitriles is 1. The van der Waals surface area contributed by atoms with Crippen LogP contribution < -0.4 is 11.3 Å². The molecule has 20 heavy (non-hydrogen) atoms. The van der Waals surface area contributed by atoms with Gasteiger partial charge in [0.1, 0.15) is 10.7 Å². The average Bonchev–Trinajstić information content (AvgIpc) is 2.93. The standard InChI is InChI=1S/C13H18N6S/c1-3-19(7-9(2)6-14)8-11-16-12(18-15)10-4-5-20-13(10)17-11/h4-5,9H,3,7-8,15H2,1-2H3,(H,16,17,18). The minimum Gasteiger partial charge on any atom is -0.308 e. The van der Waals surface area contributed by atoms with Crippen LogP contribution >= 0.6 is 11.3 Å². The predicted octanol–water partition coefficient (Wildman–Crippen LogP) is 1.96. The topological polar surface area (TPSA) is 90.9 Å². The molecule has 2 heterocycles. The maximum absolute atomic E-state index is 8.91. The second-order valence-corrected chi connectivity index (χ2v) is 5.52. The Hall–Kier alpha value is -1.75. The van der Waals surface area contributed by atoms with Crippen LogP contribution in [0.15, 0.2) is 11.4 Å². The highest BCUT2D eigenvalue weighted by Gasteiger charge is 2.13. The Labute approximate surface area is 122 Å². The Bertz CT molecular complexity index is 617. The number of nitrogen functional groups attached to an aromatic ring is 1. The molecule has 106 valence electrons. The molecule has 0 aliphatic rings. The summed E-state index contributed by atoms with van der Waals surface area (Å²) in [5.74, 6) is 6.88. The number of thiophene rings is 1. The van der Waals surface area contributed by atoms with E-state index < -0.39 is 0 Å². The number of hydrogen-bond acceptors (Lipinski definition) is 7. The zero-order valence-corrected chi connectivity index (χ0v) is 12.4. The van der Waals surface area contributed by atoms with Crippen LogP contribution in [0.4, 0.5) is 5.82 Å². The molecule has 0 radical (unpaired) electrons. The summed E-state index contributed by atoms with van der Waals surface area (Å²) in [6.07, 6.45) is 0. The van der Waals surface area contributed by atoms with E-state index in [1.807, 2.05) is 18.4 Å².